The molecular weight excluding hydrogens is 268 g/mol. The van der Waals surface area contributed by atoms with E-state index >= 15 is 0 Å². The lowest BCUT2D eigenvalue weighted by molar-refractivity contribution is 0.0925. The summed E-state index contributed by atoms with van der Waals surface area (Å²) in [7, 11) is 0. The second kappa shape index (κ2) is 3.54. The number of nitrogens with zero attached hydrogens (tertiary/aromatic N) is 1. The van der Waals surface area contributed by atoms with Crippen LogP contribution in [0.3, 0.4) is 0 Å². The topological polar surface area (TPSA) is 44.0 Å². The van der Waals surface area contributed by atoms with E-state index in [9.17, 15) is 13.9 Å². The maximum atomic E-state index is 13.6. The molecule has 78 valence electrons. The number of hydrogen-bond acceptors (Lipinski definition) is 2. The van der Waals surface area contributed by atoms with Gasteiger partial charge >= 0.3 is 0 Å². The van der Waals surface area contributed by atoms with Crippen LogP contribution in [0, 0.1) is 17.1 Å². The average Bonchev–Trinajstić information content (AvgIpc) is 2.50. The molecule has 0 heterocycles. The van der Waals surface area contributed by atoms with Gasteiger partial charge < -0.3 is 5.11 Å². The third-order valence-corrected chi connectivity index (χ3v) is 3.30. The molecule has 1 aliphatic carbocycles. The van der Waals surface area contributed by atoms with Crippen molar-refractivity contribution in [2.75, 3.05) is 0 Å². The molecule has 0 saturated carbocycles. The minimum absolute atomic E-state index is 0.0325. The SMILES string of the molecule is N#Cc1cc2c(c(F)c1Br)C[C@@H](F)[C@H]2O. The van der Waals surface area contributed by atoms with Gasteiger partial charge in [-0.1, -0.05) is 0 Å². The summed E-state index contributed by atoms with van der Waals surface area (Å²) in [5.74, 6) is -0.650. The number of aliphatic hydroxyl groups excluding tert-OH is 1. The zero-order valence-electron chi connectivity index (χ0n) is 7.47. The predicted molar refractivity (Wildman–Crippen MR) is 52.4 cm³/mol. The van der Waals surface area contributed by atoms with E-state index in [0.717, 1.165) is 0 Å². The third-order valence-electron chi connectivity index (χ3n) is 2.52. The van der Waals surface area contributed by atoms with Crippen molar-refractivity contribution in [3.8, 4) is 6.07 Å². The molecule has 0 saturated heterocycles. The monoisotopic (exact) mass is 273 g/mol. The zero-order chi connectivity index (χ0) is 11.2. The standard InChI is InChI=1S/C10H6BrF2NO/c11-8-4(3-14)1-6-5(9(8)13)2-7(12)10(6)15/h1,7,10,15H,2H2/t7-,10+/m1/s1. The van der Waals surface area contributed by atoms with E-state index in [2.05, 4.69) is 15.9 Å². The van der Waals surface area contributed by atoms with E-state index in [1.807, 2.05) is 0 Å². The van der Waals surface area contributed by atoms with Crippen LogP contribution in [0.2, 0.25) is 0 Å². The maximum Gasteiger partial charge on any atom is 0.142 e. The fraction of sp³-hybridized carbons (Fsp3) is 0.300. The molecular formula is C10H6BrF2NO. The van der Waals surface area contributed by atoms with Crippen molar-refractivity contribution < 1.29 is 13.9 Å². The summed E-state index contributed by atoms with van der Waals surface area (Å²) >= 11 is 2.93. The molecule has 15 heavy (non-hydrogen) atoms. The highest BCUT2D eigenvalue weighted by atomic mass is 79.9. The Morgan fingerprint density at radius 1 is 1.60 bits per heavy atom. The second-order valence-corrected chi connectivity index (χ2v) is 4.19. The number of rotatable bonds is 0. The fourth-order valence-electron chi connectivity index (χ4n) is 1.74. The van der Waals surface area contributed by atoms with Crippen LogP contribution in [0.15, 0.2) is 10.5 Å². The molecule has 2 rings (SSSR count). The van der Waals surface area contributed by atoms with Gasteiger partial charge in [0, 0.05) is 6.42 Å². The molecule has 5 heteroatoms. The van der Waals surface area contributed by atoms with Gasteiger partial charge in [-0.15, -0.1) is 0 Å². The van der Waals surface area contributed by atoms with Crippen molar-refractivity contribution >= 4 is 15.9 Å². The van der Waals surface area contributed by atoms with E-state index in [1.165, 1.54) is 6.07 Å². The summed E-state index contributed by atoms with van der Waals surface area (Å²) in [5.41, 5.74) is 0.403. The normalized spacial score (nSPS) is 23.7. The maximum absolute atomic E-state index is 13.6. The Hall–Kier alpha value is -0.990. The molecule has 0 fully saturated rings. The Balaban J connectivity index is 2.68. The Morgan fingerprint density at radius 3 is 2.87 bits per heavy atom. The van der Waals surface area contributed by atoms with Crippen LogP contribution in [0.1, 0.15) is 22.8 Å². The van der Waals surface area contributed by atoms with Crippen molar-refractivity contribution in [2.45, 2.75) is 18.7 Å². The Morgan fingerprint density at radius 2 is 2.27 bits per heavy atom. The summed E-state index contributed by atoms with van der Waals surface area (Å²) in [6, 6.07) is 3.11. The number of benzene rings is 1. The highest BCUT2D eigenvalue weighted by molar-refractivity contribution is 9.10. The highest BCUT2D eigenvalue weighted by Gasteiger charge is 2.34. The van der Waals surface area contributed by atoms with E-state index in [0.29, 0.717) is 0 Å². The van der Waals surface area contributed by atoms with Crippen molar-refractivity contribution in [3.63, 3.8) is 0 Å². The Labute approximate surface area is 93.3 Å². The van der Waals surface area contributed by atoms with Crippen LogP contribution < -0.4 is 0 Å². The van der Waals surface area contributed by atoms with Crippen LogP contribution in [0.25, 0.3) is 0 Å². The van der Waals surface area contributed by atoms with Crippen LogP contribution in [0.5, 0.6) is 0 Å². The number of halogens is 3. The zero-order valence-corrected chi connectivity index (χ0v) is 9.05. The summed E-state index contributed by atoms with van der Waals surface area (Å²) < 4.78 is 26.8. The second-order valence-electron chi connectivity index (χ2n) is 3.40. The van der Waals surface area contributed by atoms with Gasteiger partial charge in [-0.05, 0) is 33.1 Å². The van der Waals surface area contributed by atoms with E-state index in [1.54, 1.807) is 6.07 Å². The minimum atomic E-state index is -1.49. The number of nitriles is 1. The molecule has 1 aromatic carbocycles. The first-order valence-corrected chi connectivity index (χ1v) is 5.08. The highest BCUT2D eigenvalue weighted by Crippen LogP contribution is 2.38. The molecule has 0 bridgehead atoms. The van der Waals surface area contributed by atoms with Crippen molar-refractivity contribution in [2.24, 2.45) is 0 Å². The lowest BCUT2D eigenvalue weighted by Gasteiger charge is -2.07. The van der Waals surface area contributed by atoms with E-state index in [4.69, 9.17) is 5.26 Å². The van der Waals surface area contributed by atoms with Crippen LogP contribution in [-0.4, -0.2) is 11.3 Å². The van der Waals surface area contributed by atoms with Gasteiger partial charge in [0.2, 0.25) is 0 Å². The number of hydrogen-bond donors (Lipinski definition) is 1. The summed E-state index contributed by atoms with van der Waals surface area (Å²) in [4.78, 5) is 0. The van der Waals surface area contributed by atoms with Gasteiger partial charge in [0.1, 0.15) is 24.2 Å². The molecule has 0 aromatic heterocycles. The molecule has 0 aliphatic heterocycles. The number of alkyl halides is 1. The fourth-order valence-corrected chi connectivity index (χ4v) is 2.18. The van der Waals surface area contributed by atoms with Gasteiger partial charge in [-0.2, -0.15) is 5.26 Å². The smallest absolute Gasteiger partial charge is 0.142 e. The first-order valence-electron chi connectivity index (χ1n) is 4.29. The molecule has 1 aliphatic rings. The lowest BCUT2D eigenvalue weighted by Crippen LogP contribution is -2.06. The molecule has 0 unspecified atom stereocenters. The summed E-state index contributed by atoms with van der Waals surface area (Å²) in [5, 5.41) is 18.1. The molecule has 1 N–H and O–H groups in total. The van der Waals surface area contributed by atoms with Crippen LogP contribution in [0.4, 0.5) is 8.78 Å². The van der Waals surface area contributed by atoms with Gasteiger partial charge in [-0.25, -0.2) is 8.78 Å². The lowest BCUT2D eigenvalue weighted by atomic mass is 10.1. The van der Waals surface area contributed by atoms with Crippen molar-refractivity contribution in [1.29, 1.82) is 5.26 Å². The largest absolute Gasteiger partial charge is 0.385 e. The van der Waals surface area contributed by atoms with Crippen LogP contribution in [-0.2, 0) is 6.42 Å². The van der Waals surface area contributed by atoms with Gasteiger partial charge in [0.25, 0.3) is 0 Å². The molecule has 2 nitrogen and oxygen atoms in total. The van der Waals surface area contributed by atoms with Crippen molar-refractivity contribution in [1.82, 2.24) is 0 Å². The minimum Gasteiger partial charge on any atom is -0.385 e. The van der Waals surface area contributed by atoms with E-state index in [-0.39, 0.29) is 27.6 Å². The number of fused-ring (bicyclic) bond motifs is 1. The summed E-state index contributed by atoms with van der Waals surface area (Å²) in [6.07, 6.45) is -2.96. The average molecular weight is 274 g/mol. The molecule has 0 radical (unpaired) electrons. The van der Waals surface area contributed by atoms with Gasteiger partial charge in [-0.3, -0.25) is 0 Å². The van der Waals surface area contributed by atoms with Crippen LogP contribution >= 0.6 is 15.9 Å². The van der Waals surface area contributed by atoms with Gasteiger partial charge in [0.15, 0.2) is 0 Å². The summed E-state index contributed by atoms with van der Waals surface area (Å²) in [6.45, 7) is 0. The Kier molecular flexibility index (Phi) is 2.49. The quantitative estimate of drug-likeness (QED) is 0.789. The van der Waals surface area contributed by atoms with Crippen molar-refractivity contribution in [3.05, 3.63) is 33.0 Å². The molecule has 0 spiro atoms. The number of aliphatic hydroxyl groups is 1. The first kappa shape index (κ1) is 10.5. The van der Waals surface area contributed by atoms with Gasteiger partial charge in [0.05, 0.1) is 10.0 Å². The Bertz CT molecular complexity index is 469. The first-order chi connectivity index (χ1) is 7.06. The molecule has 2 atom stereocenters. The predicted octanol–water partition coefficient (Wildman–Crippen LogP) is 2.39. The molecule has 0 amide bonds. The third kappa shape index (κ3) is 1.45. The van der Waals surface area contributed by atoms with E-state index < -0.39 is 18.1 Å². The molecule has 1 aromatic rings.